The number of aromatic nitrogens is 1. The second-order valence-electron chi connectivity index (χ2n) is 10.5. The number of likely N-dealkylation sites (N-methyl/N-ethyl adjacent to an activating group) is 1. The number of hydrogen-bond donors (Lipinski definition) is 4. The number of Topliss-reactive ketones (excluding diaryl/α,β-unsaturated/α-hetero) is 3. The molecule has 1 spiro atoms. The van der Waals surface area contributed by atoms with Gasteiger partial charge in [0.25, 0.3) is 5.56 Å². The van der Waals surface area contributed by atoms with Gasteiger partial charge in [-0.15, -0.1) is 0 Å². The van der Waals surface area contributed by atoms with Crippen molar-refractivity contribution in [3.05, 3.63) is 91.6 Å². The number of phenols is 3. The Balaban J connectivity index is 1.59. The molecule has 3 aliphatic rings. The van der Waals surface area contributed by atoms with Crippen LogP contribution in [0.5, 0.6) is 17.2 Å². The number of H-pyrrole nitrogens is 1. The molecule has 0 saturated heterocycles. The Morgan fingerprint density at radius 1 is 0.878 bits per heavy atom. The fourth-order valence-corrected chi connectivity index (χ4v) is 6.31. The molecule has 0 saturated carbocycles. The van der Waals surface area contributed by atoms with Gasteiger partial charge in [-0.3, -0.25) is 24.0 Å². The average molecular weight is 553 g/mol. The van der Waals surface area contributed by atoms with Gasteiger partial charge in [0.05, 0.1) is 33.3 Å². The maximum absolute atomic E-state index is 14.1. The summed E-state index contributed by atoms with van der Waals surface area (Å²) >= 11 is 0. The molecular weight excluding hydrogens is 528 g/mol. The van der Waals surface area contributed by atoms with Gasteiger partial charge in [0, 0.05) is 31.4 Å². The molecule has 0 fully saturated rings. The third-order valence-corrected chi connectivity index (χ3v) is 8.12. The molecule has 41 heavy (non-hydrogen) atoms. The predicted octanol–water partition coefficient (Wildman–Crippen LogP) is 3.32. The first-order valence-electron chi connectivity index (χ1n) is 12.9. The summed E-state index contributed by atoms with van der Waals surface area (Å²) in [6, 6.07) is 3.29. The molecule has 3 aliphatic carbocycles. The molecule has 0 unspecified atom stereocenters. The highest BCUT2D eigenvalue weighted by molar-refractivity contribution is 6.39. The first-order chi connectivity index (χ1) is 19.4. The van der Waals surface area contributed by atoms with Crippen molar-refractivity contribution in [3.63, 3.8) is 0 Å². The Labute approximate surface area is 232 Å². The molecule has 1 atom stereocenters. The third-order valence-electron chi connectivity index (χ3n) is 8.12. The molecule has 10 nitrogen and oxygen atoms in total. The number of aryl methyl sites for hydroxylation is 1. The summed E-state index contributed by atoms with van der Waals surface area (Å²) in [6.07, 6.45) is 8.06. The number of phenolic OH excluding ortho intramolecular Hbond substituents is 3. The third kappa shape index (κ3) is 3.21. The molecule has 0 radical (unpaired) electrons. The summed E-state index contributed by atoms with van der Waals surface area (Å²) in [5, 5.41) is 34.1. The molecule has 10 heteroatoms. The molecule has 2 aromatic carbocycles. The summed E-state index contributed by atoms with van der Waals surface area (Å²) < 4.78 is 0. The normalized spacial score (nSPS) is 19.5. The van der Waals surface area contributed by atoms with E-state index in [-0.39, 0.29) is 29.5 Å². The number of carbonyl (C=O) groups excluding carboxylic acids is 4. The largest absolute Gasteiger partial charge is 0.507 e. The van der Waals surface area contributed by atoms with Crippen molar-refractivity contribution in [1.82, 2.24) is 9.88 Å². The Morgan fingerprint density at radius 3 is 2.17 bits per heavy atom. The predicted molar refractivity (Wildman–Crippen MR) is 149 cm³/mol. The van der Waals surface area contributed by atoms with Crippen LogP contribution in [0.2, 0.25) is 0 Å². The van der Waals surface area contributed by atoms with Crippen molar-refractivity contribution < 1.29 is 34.5 Å². The number of pyridine rings is 1. The van der Waals surface area contributed by atoms with E-state index in [0.717, 1.165) is 6.08 Å². The number of hydrogen-bond acceptors (Lipinski definition) is 9. The first-order valence-corrected chi connectivity index (χ1v) is 12.9. The topological polar surface area (TPSA) is 165 Å². The number of fused-ring (bicyclic) bond motifs is 5. The zero-order valence-electron chi connectivity index (χ0n) is 22.3. The van der Waals surface area contributed by atoms with Crippen LogP contribution in [-0.2, 0) is 11.8 Å². The smallest absolute Gasteiger partial charge is 0.260 e. The zero-order chi connectivity index (χ0) is 29.5. The molecule has 1 heterocycles. The number of aromatic hydroxyl groups is 3. The van der Waals surface area contributed by atoms with Gasteiger partial charge in [-0.1, -0.05) is 24.3 Å². The lowest BCUT2D eigenvalue weighted by Crippen LogP contribution is -2.36. The average Bonchev–Trinajstić information content (AvgIpc) is 3.40. The van der Waals surface area contributed by atoms with Crippen molar-refractivity contribution in [2.45, 2.75) is 25.2 Å². The minimum Gasteiger partial charge on any atom is -0.507 e. The summed E-state index contributed by atoms with van der Waals surface area (Å²) in [6.45, 7) is 1.84. The molecular formula is C31H24N2O8. The standard InChI is InChI=1S/C31H24N2O8/c1-4-5-6-7-15-11-14-10-13-8-9-31(23(13)27(38)18(14)30(41)32-15)28(39)21-22(29(31)40)26(37)20-19(25(21)36)17(34)12-16(24(20)35)33(2)3/h4-7,10-12,36-38H,8-9H2,1-3H3,(H,32,41)/b5-4+,7-6+/t31-/m0/s1. The fourth-order valence-electron chi connectivity index (χ4n) is 6.31. The maximum atomic E-state index is 14.1. The van der Waals surface area contributed by atoms with Gasteiger partial charge in [0.15, 0.2) is 17.3 Å². The number of nitrogens with zero attached hydrogens (tertiary/aromatic N) is 1. The van der Waals surface area contributed by atoms with E-state index in [2.05, 4.69) is 4.98 Å². The molecule has 6 rings (SSSR count). The number of benzene rings is 2. The van der Waals surface area contributed by atoms with Gasteiger partial charge in [0.2, 0.25) is 5.78 Å². The molecule has 4 N–H and O–H groups in total. The van der Waals surface area contributed by atoms with E-state index in [0.29, 0.717) is 16.6 Å². The van der Waals surface area contributed by atoms with E-state index in [1.54, 1.807) is 30.4 Å². The van der Waals surface area contributed by atoms with Gasteiger partial charge in [-0.05, 0) is 42.9 Å². The van der Waals surface area contributed by atoms with Crippen LogP contribution in [0, 0.1) is 0 Å². The van der Waals surface area contributed by atoms with Crippen molar-refractivity contribution in [2.75, 3.05) is 14.1 Å². The minimum absolute atomic E-state index is 0.0712. The maximum Gasteiger partial charge on any atom is 0.260 e. The van der Waals surface area contributed by atoms with Gasteiger partial charge in [0.1, 0.15) is 22.7 Å². The highest BCUT2D eigenvalue weighted by Gasteiger charge is 2.61. The van der Waals surface area contributed by atoms with Crippen molar-refractivity contribution in [3.8, 4) is 17.2 Å². The van der Waals surface area contributed by atoms with Crippen LogP contribution in [0.15, 0.2) is 46.9 Å². The lowest BCUT2D eigenvalue weighted by molar-refractivity contribution is 0.0790. The highest BCUT2D eigenvalue weighted by Crippen LogP contribution is 2.57. The Kier molecular flexibility index (Phi) is 5.47. The van der Waals surface area contributed by atoms with Crippen LogP contribution < -0.4 is 5.56 Å². The van der Waals surface area contributed by atoms with Crippen molar-refractivity contribution in [1.29, 1.82) is 0 Å². The Bertz CT molecular complexity index is 1960. The number of ketones is 4. The molecule has 3 aromatic rings. The molecule has 0 aliphatic heterocycles. The van der Waals surface area contributed by atoms with Gasteiger partial charge in [-0.2, -0.15) is 0 Å². The highest BCUT2D eigenvalue weighted by atomic mass is 16.3. The van der Waals surface area contributed by atoms with E-state index in [1.807, 2.05) is 13.0 Å². The van der Waals surface area contributed by atoms with Gasteiger partial charge >= 0.3 is 0 Å². The van der Waals surface area contributed by atoms with Crippen LogP contribution in [0.1, 0.15) is 71.6 Å². The summed E-state index contributed by atoms with van der Waals surface area (Å²) in [5.41, 5.74) is -4.22. The van der Waals surface area contributed by atoms with Crippen LogP contribution in [-0.4, -0.2) is 62.4 Å². The van der Waals surface area contributed by atoms with E-state index < -0.39 is 73.6 Å². The number of aromatic amines is 1. The minimum atomic E-state index is -2.06. The lowest BCUT2D eigenvalue weighted by Gasteiger charge is -2.23. The lowest BCUT2D eigenvalue weighted by atomic mass is 9.76. The fraction of sp³-hybridized carbons (Fsp3) is 0.194. The quantitative estimate of drug-likeness (QED) is 0.217. The van der Waals surface area contributed by atoms with E-state index in [1.165, 1.54) is 19.0 Å². The van der Waals surface area contributed by atoms with E-state index in [4.69, 9.17) is 0 Å². The molecule has 206 valence electrons. The summed E-state index contributed by atoms with van der Waals surface area (Å²) in [4.78, 5) is 71.4. The second-order valence-corrected chi connectivity index (χ2v) is 10.5. The van der Waals surface area contributed by atoms with E-state index in [9.17, 15) is 39.3 Å². The SMILES string of the molecule is C/C=C/C=C/c1cc2cc3c(c(O)c2c(=O)[nH]1)[C@@]1(CC3)C(=O)c2c(O)c3c(c(O)c2C1=O)C(=O)C(N(C)C)=CC3=O. The number of nitrogens with one attached hydrogen (secondary N) is 1. The van der Waals surface area contributed by atoms with Gasteiger partial charge < -0.3 is 25.2 Å². The number of carbonyl (C=O) groups is 4. The molecule has 0 amide bonds. The van der Waals surface area contributed by atoms with Crippen LogP contribution >= 0.6 is 0 Å². The second kappa shape index (κ2) is 8.62. The number of rotatable bonds is 3. The Hall–Kier alpha value is -5.25. The van der Waals surface area contributed by atoms with Crippen LogP contribution in [0.4, 0.5) is 0 Å². The van der Waals surface area contributed by atoms with Crippen LogP contribution in [0.25, 0.3) is 16.8 Å². The van der Waals surface area contributed by atoms with Crippen LogP contribution in [0.3, 0.4) is 0 Å². The Morgan fingerprint density at radius 2 is 1.54 bits per heavy atom. The first kappa shape index (κ1) is 26.0. The molecule has 1 aromatic heterocycles. The monoisotopic (exact) mass is 552 g/mol. The summed E-state index contributed by atoms with van der Waals surface area (Å²) in [5.74, 6) is -5.77. The number of allylic oxidation sites excluding steroid dienone is 5. The van der Waals surface area contributed by atoms with Gasteiger partial charge in [-0.25, -0.2) is 0 Å². The molecule has 0 bridgehead atoms. The summed E-state index contributed by atoms with van der Waals surface area (Å²) in [7, 11) is 3.03. The zero-order valence-corrected chi connectivity index (χ0v) is 22.3. The van der Waals surface area contributed by atoms with Crippen molar-refractivity contribution >= 4 is 40.0 Å². The van der Waals surface area contributed by atoms with E-state index >= 15 is 0 Å². The van der Waals surface area contributed by atoms with Crippen molar-refractivity contribution in [2.24, 2.45) is 0 Å².